The molecule has 1 N–H and O–H groups in total. The molecule has 0 atom stereocenters. The number of esters is 1. The van der Waals surface area contributed by atoms with Crippen LogP contribution in [0.25, 0.3) is 0 Å². The highest BCUT2D eigenvalue weighted by Crippen LogP contribution is 2.17. The fourth-order valence-electron chi connectivity index (χ4n) is 1.15. The molecule has 0 bridgehead atoms. The van der Waals surface area contributed by atoms with Crippen LogP contribution < -0.4 is 5.32 Å². The molecular formula is C10H13NO2. The minimum atomic E-state index is -0.312. The molecular weight excluding hydrogens is 166 g/mol. The molecule has 0 aliphatic carbocycles. The summed E-state index contributed by atoms with van der Waals surface area (Å²) in [7, 11) is 3.15. The lowest BCUT2D eigenvalue weighted by Gasteiger charge is -2.07. The fourth-order valence-corrected chi connectivity index (χ4v) is 1.15. The summed E-state index contributed by atoms with van der Waals surface area (Å²) < 4.78 is 4.65. The number of hydrogen-bond acceptors (Lipinski definition) is 3. The fraction of sp³-hybridized carbons (Fsp3) is 0.300. The molecule has 0 amide bonds. The van der Waals surface area contributed by atoms with Gasteiger partial charge in [-0.1, -0.05) is 11.6 Å². The zero-order chi connectivity index (χ0) is 9.84. The SMILES string of the molecule is CNc1ccc(C)cc1C(=O)OC. The van der Waals surface area contributed by atoms with E-state index in [2.05, 4.69) is 10.1 Å². The molecule has 0 fully saturated rings. The van der Waals surface area contributed by atoms with E-state index in [9.17, 15) is 4.79 Å². The van der Waals surface area contributed by atoms with Gasteiger partial charge < -0.3 is 10.1 Å². The maximum Gasteiger partial charge on any atom is 0.339 e. The molecule has 0 saturated carbocycles. The Hall–Kier alpha value is -1.51. The molecule has 0 heterocycles. The average molecular weight is 179 g/mol. The van der Waals surface area contributed by atoms with Crippen molar-refractivity contribution in [2.24, 2.45) is 0 Å². The standard InChI is InChI=1S/C10H13NO2/c1-7-4-5-9(11-2)8(6-7)10(12)13-3/h4-6,11H,1-3H3. The summed E-state index contributed by atoms with van der Waals surface area (Å²) in [5.74, 6) is -0.312. The number of anilines is 1. The van der Waals surface area contributed by atoms with Gasteiger partial charge in [-0.2, -0.15) is 0 Å². The van der Waals surface area contributed by atoms with Crippen molar-refractivity contribution < 1.29 is 9.53 Å². The molecule has 0 spiro atoms. The van der Waals surface area contributed by atoms with Crippen LogP contribution in [0.15, 0.2) is 18.2 Å². The van der Waals surface area contributed by atoms with E-state index in [1.54, 1.807) is 13.1 Å². The molecule has 70 valence electrons. The number of aryl methyl sites for hydroxylation is 1. The van der Waals surface area contributed by atoms with Crippen LogP contribution in [0.3, 0.4) is 0 Å². The van der Waals surface area contributed by atoms with Gasteiger partial charge in [0, 0.05) is 12.7 Å². The number of methoxy groups -OCH3 is 1. The molecule has 0 radical (unpaired) electrons. The van der Waals surface area contributed by atoms with Crippen LogP contribution in [0.5, 0.6) is 0 Å². The number of hydrogen-bond donors (Lipinski definition) is 1. The first kappa shape index (κ1) is 9.58. The van der Waals surface area contributed by atoms with E-state index in [1.165, 1.54) is 7.11 Å². The molecule has 0 aromatic heterocycles. The molecule has 1 aromatic carbocycles. The highest BCUT2D eigenvalue weighted by Gasteiger charge is 2.10. The van der Waals surface area contributed by atoms with Crippen molar-refractivity contribution >= 4 is 11.7 Å². The quantitative estimate of drug-likeness (QED) is 0.704. The predicted molar refractivity (Wildman–Crippen MR) is 52.1 cm³/mol. The third-order valence-electron chi connectivity index (χ3n) is 1.85. The van der Waals surface area contributed by atoms with E-state index in [4.69, 9.17) is 0 Å². The number of rotatable bonds is 2. The first-order valence-electron chi connectivity index (χ1n) is 4.05. The van der Waals surface area contributed by atoms with Crippen molar-refractivity contribution in [1.29, 1.82) is 0 Å². The zero-order valence-electron chi connectivity index (χ0n) is 8.05. The summed E-state index contributed by atoms with van der Waals surface area (Å²) in [6.45, 7) is 1.94. The number of benzene rings is 1. The third kappa shape index (κ3) is 1.99. The van der Waals surface area contributed by atoms with Crippen LogP contribution >= 0.6 is 0 Å². The van der Waals surface area contributed by atoms with Gasteiger partial charge in [0.25, 0.3) is 0 Å². The van der Waals surface area contributed by atoms with Gasteiger partial charge in [-0.15, -0.1) is 0 Å². The lowest BCUT2D eigenvalue weighted by Crippen LogP contribution is -2.05. The zero-order valence-corrected chi connectivity index (χ0v) is 8.05. The predicted octanol–water partition coefficient (Wildman–Crippen LogP) is 1.82. The number of carbonyl (C=O) groups is 1. The van der Waals surface area contributed by atoms with Crippen molar-refractivity contribution in [3.8, 4) is 0 Å². The van der Waals surface area contributed by atoms with Crippen molar-refractivity contribution in [2.45, 2.75) is 6.92 Å². The number of nitrogens with one attached hydrogen (secondary N) is 1. The van der Waals surface area contributed by atoms with Crippen LogP contribution in [-0.2, 0) is 4.74 Å². The second kappa shape index (κ2) is 3.94. The maximum absolute atomic E-state index is 11.3. The topological polar surface area (TPSA) is 38.3 Å². The molecule has 1 aromatic rings. The summed E-state index contributed by atoms with van der Waals surface area (Å²) in [5.41, 5.74) is 2.40. The van der Waals surface area contributed by atoms with E-state index in [-0.39, 0.29) is 5.97 Å². The van der Waals surface area contributed by atoms with Crippen LogP contribution in [0, 0.1) is 6.92 Å². The van der Waals surface area contributed by atoms with Crippen LogP contribution in [0.2, 0.25) is 0 Å². The average Bonchev–Trinajstić information content (AvgIpc) is 2.16. The Bertz CT molecular complexity index is 321. The van der Waals surface area contributed by atoms with Gasteiger partial charge in [0.05, 0.1) is 12.7 Å². The first-order valence-corrected chi connectivity index (χ1v) is 4.05. The third-order valence-corrected chi connectivity index (χ3v) is 1.85. The first-order chi connectivity index (χ1) is 6.19. The Morgan fingerprint density at radius 2 is 2.15 bits per heavy atom. The van der Waals surface area contributed by atoms with Gasteiger partial charge >= 0.3 is 5.97 Å². The van der Waals surface area contributed by atoms with Gasteiger partial charge in [-0.05, 0) is 19.1 Å². The Morgan fingerprint density at radius 3 is 2.69 bits per heavy atom. The normalized spacial score (nSPS) is 9.46. The molecule has 13 heavy (non-hydrogen) atoms. The molecule has 0 unspecified atom stereocenters. The molecule has 0 aliphatic heterocycles. The molecule has 3 nitrogen and oxygen atoms in total. The van der Waals surface area contributed by atoms with Crippen LogP contribution in [0.1, 0.15) is 15.9 Å². The number of ether oxygens (including phenoxy) is 1. The van der Waals surface area contributed by atoms with Gasteiger partial charge in [-0.3, -0.25) is 0 Å². The van der Waals surface area contributed by atoms with E-state index in [0.29, 0.717) is 5.56 Å². The number of carbonyl (C=O) groups excluding carboxylic acids is 1. The van der Waals surface area contributed by atoms with Gasteiger partial charge in [0.2, 0.25) is 0 Å². The van der Waals surface area contributed by atoms with Crippen molar-refractivity contribution in [3.05, 3.63) is 29.3 Å². The largest absolute Gasteiger partial charge is 0.465 e. The van der Waals surface area contributed by atoms with Gasteiger partial charge in [-0.25, -0.2) is 4.79 Å². The maximum atomic E-state index is 11.3. The van der Waals surface area contributed by atoms with Gasteiger partial charge in [0.15, 0.2) is 0 Å². The van der Waals surface area contributed by atoms with Crippen molar-refractivity contribution in [3.63, 3.8) is 0 Å². The molecule has 0 saturated heterocycles. The monoisotopic (exact) mass is 179 g/mol. The van der Waals surface area contributed by atoms with E-state index in [1.807, 2.05) is 19.1 Å². The lowest BCUT2D eigenvalue weighted by molar-refractivity contribution is 0.0602. The van der Waals surface area contributed by atoms with Crippen molar-refractivity contribution in [1.82, 2.24) is 0 Å². The minimum absolute atomic E-state index is 0.312. The Kier molecular flexibility index (Phi) is 2.90. The van der Waals surface area contributed by atoms with Crippen LogP contribution in [-0.4, -0.2) is 20.1 Å². The summed E-state index contributed by atoms with van der Waals surface area (Å²) in [6.07, 6.45) is 0. The van der Waals surface area contributed by atoms with Crippen LogP contribution in [0.4, 0.5) is 5.69 Å². The summed E-state index contributed by atoms with van der Waals surface area (Å²) >= 11 is 0. The molecule has 3 heteroatoms. The minimum Gasteiger partial charge on any atom is -0.465 e. The molecule has 1 rings (SSSR count). The Balaban J connectivity index is 3.15. The summed E-state index contributed by atoms with van der Waals surface area (Å²) in [6, 6.07) is 5.61. The van der Waals surface area contributed by atoms with Gasteiger partial charge in [0.1, 0.15) is 0 Å². The lowest BCUT2D eigenvalue weighted by atomic mass is 10.1. The van der Waals surface area contributed by atoms with E-state index < -0.39 is 0 Å². The second-order valence-electron chi connectivity index (χ2n) is 2.79. The summed E-state index contributed by atoms with van der Waals surface area (Å²) in [4.78, 5) is 11.3. The molecule has 0 aliphatic rings. The van der Waals surface area contributed by atoms with E-state index >= 15 is 0 Å². The highest BCUT2D eigenvalue weighted by molar-refractivity contribution is 5.95. The van der Waals surface area contributed by atoms with E-state index in [0.717, 1.165) is 11.3 Å². The Labute approximate surface area is 77.7 Å². The van der Waals surface area contributed by atoms with Crippen molar-refractivity contribution in [2.75, 3.05) is 19.5 Å². The Morgan fingerprint density at radius 1 is 1.46 bits per heavy atom. The highest BCUT2D eigenvalue weighted by atomic mass is 16.5. The second-order valence-corrected chi connectivity index (χ2v) is 2.79. The smallest absolute Gasteiger partial charge is 0.339 e. The summed E-state index contributed by atoms with van der Waals surface area (Å²) in [5, 5.41) is 2.94.